The van der Waals surface area contributed by atoms with E-state index in [1.54, 1.807) is 0 Å². The van der Waals surface area contributed by atoms with Gasteiger partial charge in [-0.15, -0.1) is 0 Å². The SMILES string of the molecule is CCCCOc1cccc2ccc(CCN)nc12. The van der Waals surface area contributed by atoms with E-state index in [-0.39, 0.29) is 0 Å². The fraction of sp³-hybridized carbons (Fsp3) is 0.400. The molecular formula is C15H20N2O. The Labute approximate surface area is 108 Å². The van der Waals surface area contributed by atoms with E-state index in [1.807, 2.05) is 18.2 Å². The summed E-state index contributed by atoms with van der Waals surface area (Å²) in [6.07, 6.45) is 3.01. The summed E-state index contributed by atoms with van der Waals surface area (Å²) in [5.74, 6) is 0.875. The highest BCUT2D eigenvalue weighted by Gasteiger charge is 2.04. The molecule has 0 unspecified atom stereocenters. The first-order valence-corrected chi connectivity index (χ1v) is 6.56. The third-order valence-corrected chi connectivity index (χ3v) is 2.90. The molecule has 3 heteroatoms. The fourth-order valence-electron chi connectivity index (χ4n) is 1.89. The van der Waals surface area contributed by atoms with Gasteiger partial charge in [-0.05, 0) is 25.1 Å². The Morgan fingerprint density at radius 1 is 1.22 bits per heavy atom. The van der Waals surface area contributed by atoms with Gasteiger partial charge in [-0.2, -0.15) is 0 Å². The summed E-state index contributed by atoms with van der Waals surface area (Å²) in [6, 6.07) is 10.2. The number of fused-ring (bicyclic) bond motifs is 1. The minimum atomic E-state index is 0.622. The summed E-state index contributed by atoms with van der Waals surface area (Å²) >= 11 is 0. The van der Waals surface area contributed by atoms with E-state index in [0.29, 0.717) is 6.54 Å². The predicted molar refractivity (Wildman–Crippen MR) is 74.9 cm³/mol. The molecule has 18 heavy (non-hydrogen) atoms. The van der Waals surface area contributed by atoms with Gasteiger partial charge in [0.2, 0.25) is 0 Å². The second kappa shape index (κ2) is 6.36. The summed E-state index contributed by atoms with van der Waals surface area (Å²) < 4.78 is 5.80. The molecular weight excluding hydrogens is 224 g/mol. The number of aromatic nitrogens is 1. The molecule has 1 aromatic heterocycles. The van der Waals surface area contributed by atoms with Crippen LogP contribution < -0.4 is 10.5 Å². The zero-order chi connectivity index (χ0) is 12.8. The van der Waals surface area contributed by atoms with E-state index < -0.39 is 0 Å². The molecule has 0 aliphatic carbocycles. The minimum Gasteiger partial charge on any atom is -0.491 e. The van der Waals surface area contributed by atoms with E-state index in [0.717, 1.165) is 48.2 Å². The van der Waals surface area contributed by atoms with Crippen LogP contribution in [-0.4, -0.2) is 18.1 Å². The van der Waals surface area contributed by atoms with Gasteiger partial charge in [0.25, 0.3) is 0 Å². The number of pyridine rings is 1. The molecule has 2 N–H and O–H groups in total. The van der Waals surface area contributed by atoms with Gasteiger partial charge in [0.1, 0.15) is 11.3 Å². The Balaban J connectivity index is 2.29. The van der Waals surface area contributed by atoms with Crippen LogP contribution in [0.2, 0.25) is 0 Å². The Hall–Kier alpha value is -1.61. The fourth-order valence-corrected chi connectivity index (χ4v) is 1.89. The van der Waals surface area contributed by atoms with Crippen molar-refractivity contribution in [3.8, 4) is 5.75 Å². The molecule has 0 amide bonds. The van der Waals surface area contributed by atoms with Gasteiger partial charge < -0.3 is 10.5 Å². The average molecular weight is 244 g/mol. The summed E-state index contributed by atoms with van der Waals surface area (Å²) in [4.78, 5) is 4.64. The van der Waals surface area contributed by atoms with Crippen molar-refractivity contribution in [2.45, 2.75) is 26.2 Å². The number of hydrogen-bond acceptors (Lipinski definition) is 3. The maximum absolute atomic E-state index is 5.80. The number of nitrogens with zero attached hydrogens (tertiary/aromatic N) is 1. The highest BCUT2D eigenvalue weighted by atomic mass is 16.5. The van der Waals surface area contributed by atoms with Crippen molar-refractivity contribution in [1.82, 2.24) is 4.98 Å². The predicted octanol–water partition coefficient (Wildman–Crippen LogP) is 2.91. The maximum atomic E-state index is 5.80. The van der Waals surface area contributed by atoms with E-state index in [4.69, 9.17) is 10.5 Å². The molecule has 0 spiro atoms. The molecule has 0 atom stereocenters. The second-order valence-corrected chi connectivity index (χ2v) is 4.37. The van der Waals surface area contributed by atoms with Gasteiger partial charge in [0, 0.05) is 17.5 Å². The van der Waals surface area contributed by atoms with Crippen molar-refractivity contribution in [3.63, 3.8) is 0 Å². The normalized spacial score (nSPS) is 10.8. The van der Waals surface area contributed by atoms with Crippen LogP contribution in [0, 0.1) is 0 Å². The monoisotopic (exact) mass is 244 g/mol. The molecule has 0 aliphatic heterocycles. The largest absolute Gasteiger partial charge is 0.491 e. The lowest BCUT2D eigenvalue weighted by molar-refractivity contribution is 0.312. The standard InChI is InChI=1S/C15H20N2O/c1-2-3-11-18-14-6-4-5-12-7-8-13(9-10-16)17-15(12)14/h4-8H,2-3,9-11,16H2,1H3. The Morgan fingerprint density at radius 3 is 2.89 bits per heavy atom. The van der Waals surface area contributed by atoms with Crippen molar-refractivity contribution in [2.75, 3.05) is 13.2 Å². The number of ether oxygens (including phenoxy) is 1. The molecule has 0 bridgehead atoms. The van der Waals surface area contributed by atoms with Crippen LogP contribution in [0.5, 0.6) is 5.75 Å². The summed E-state index contributed by atoms with van der Waals surface area (Å²) in [5.41, 5.74) is 7.54. The smallest absolute Gasteiger partial charge is 0.145 e. The zero-order valence-electron chi connectivity index (χ0n) is 10.9. The summed E-state index contributed by atoms with van der Waals surface area (Å²) in [7, 11) is 0. The molecule has 1 heterocycles. The van der Waals surface area contributed by atoms with Crippen LogP contribution in [-0.2, 0) is 6.42 Å². The number of hydrogen-bond donors (Lipinski definition) is 1. The molecule has 96 valence electrons. The number of benzene rings is 1. The molecule has 0 saturated heterocycles. The lowest BCUT2D eigenvalue weighted by atomic mass is 10.1. The van der Waals surface area contributed by atoms with Crippen molar-refractivity contribution in [2.24, 2.45) is 5.73 Å². The van der Waals surface area contributed by atoms with Gasteiger partial charge in [-0.1, -0.05) is 31.5 Å². The third kappa shape index (κ3) is 2.99. The first-order valence-electron chi connectivity index (χ1n) is 6.56. The number of para-hydroxylation sites is 1. The van der Waals surface area contributed by atoms with Crippen molar-refractivity contribution in [3.05, 3.63) is 36.0 Å². The molecule has 2 aromatic rings. The van der Waals surface area contributed by atoms with E-state index in [9.17, 15) is 0 Å². The Kier molecular flexibility index (Phi) is 4.53. The molecule has 0 fully saturated rings. The van der Waals surface area contributed by atoms with E-state index >= 15 is 0 Å². The molecule has 0 aliphatic rings. The van der Waals surface area contributed by atoms with Crippen molar-refractivity contribution >= 4 is 10.9 Å². The van der Waals surface area contributed by atoms with Gasteiger partial charge in [-0.25, -0.2) is 4.98 Å². The topological polar surface area (TPSA) is 48.1 Å². The molecule has 0 radical (unpaired) electrons. The Bertz CT molecular complexity index is 511. The van der Waals surface area contributed by atoms with Crippen LogP contribution in [0.15, 0.2) is 30.3 Å². The van der Waals surface area contributed by atoms with Crippen molar-refractivity contribution < 1.29 is 4.74 Å². The average Bonchev–Trinajstić information content (AvgIpc) is 2.40. The lowest BCUT2D eigenvalue weighted by Gasteiger charge is -2.09. The summed E-state index contributed by atoms with van der Waals surface area (Å²) in [5, 5.41) is 1.12. The highest BCUT2D eigenvalue weighted by Crippen LogP contribution is 2.24. The highest BCUT2D eigenvalue weighted by molar-refractivity contribution is 5.84. The van der Waals surface area contributed by atoms with Gasteiger partial charge >= 0.3 is 0 Å². The van der Waals surface area contributed by atoms with Crippen LogP contribution >= 0.6 is 0 Å². The lowest BCUT2D eigenvalue weighted by Crippen LogP contribution is -2.05. The Morgan fingerprint density at radius 2 is 2.11 bits per heavy atom. The van der Waals surface area contributed by atoms with Crippen LogP contribution in [0.25, 0.3) is 10.9 Å². The maximum Gasteiger partial charge on any atom is 0.145 e. The second-order valence-electron chi connectivity index (χ2n) is 4.37. The number of unbranched alkanes of at least 4 members (excludes halogenated alkanes) is 1. The first kappa shape index (κ1) is 12.8. The number of nitrogens with two attached hydrogens (primary N) is 1. The van der Waals surface area contributed by atoms with Gasteiger partial charge in [-0.3, -0.25) is 0 Å². The van der Waals surface area contributed by atoms with Gasteiger partial charge in [0.05, 0.1) is 6.61 Å². The van der Waals surface area contributed by atoms with Crippen molar-refractivity contribution in [1.29, 1.82) is 0 Å². The van der Waals surface area contributed by atoms with Crippen LogP contribution in [0.3, 0.4) is 0 Å². The van der Waals surface area contributed by atoms with Crippen LogP contribution in [0.4, 0.5) is 0 Å². The van der Waals surface area contributed by atoms with Gasteiger partial charge in [0.15, 0.2) is 0 Å². The zero-order valence-corrected chi connectivity index (χ0v) is 10.9. The van der Waals surface area contributed by atoms with E-state index in [2.05, 4.69) is 24.0 Å². The molecule has 1 aromatic carbocycles. The van der Waals surface area contributed by atoms with Crippen LogP contribution in [0.1, 0.15) is 25.5 Å². The quantitative estimate of drug-likeness (QED) is 0.795. The molecule has 0 saturated carbocycles. The third-order valence-electron chi connectivity index (χ3n) is 2.90. The minimum absolute atomic E-state index is 0.622. The number of rotatable bonds is 6. The molecule has 3 nitrogen and oxygen atoms in total. The van der Waals surface area contributed by atoms with E-state index in [1.165, 1.54) is 0 Å². The summed E-state index contributed by atoms with van der Waals surface area (Å²) in [6.45, 7) is 3.53. The first-order chi connectivity index (χ1) is 8.85. The molecule has 2 rings (SSSR count).